The van der Waals surface area contributed by atoms with Gasteiger partial charge in [-0.15, -0.1) is 0 Å². The molecule has 4 heterocycles. The molecular formula is C48H51FN6O6. The summed E-state index contributed by atoms with van der Waals surface area (Å²) in [5, 5.41) is 14.6. The Morgan fingerprint density at radius 3 is 2.20 bits per heavy atom. The fourth-order valence-corrected chi connectivity index (χ4v) is 10.5. The molecule has 5 amide bonds. The molecule has 61 heavy (non-hydrogen) atoms. The number of rotatable bonds is 7. The predicted molar refractivity (Wildman–Crippen MR) is 225 cm³/mol. The fourth-order valence-electron chi connectivity index (χ4n) is 10.5. The number of hydrogen-bond acceptors (Lipinski definition) is 9. The Kier molecular flexibility index (Phi) is 11.0. The highest BCUT2D eigenvalue weighted by atomic mass is 19.1. The molecule has 1 aliphatic carbocycles. The fraction of sp³-hybridized carbons (Fsp3) is 0.458. The largest absolute Gasteiger partial charge is 0.489 e. The van der Waals surface area contributed by atoms with E-state index in [2.05, 4.69) is 32.3 Å². The van der Waals surface area contributed by atoms with E-state index in [-0.39, 0.29) is 47.9 Å². The second-order valence-corrected chi connectivity index (χ2v) is 18.3. The number of carbonyl (C=O) groups excluding carboxylic acids is 5. The standard InChI is InChI=1S/C48H51FN6O6/c1-28-38(16-12-32(27-50)40(28)49)61-46-47(2,3)45(48(46,4)5)52-41(57)31-10-8-29(9-11-31)6-7-30-18-22-53(23-19-30)33-20-24-54(25-21-33)34-13-14-35-36(26-34)44(60)55(43(35)59)37-15-17-39(56)51-42(37)58/h8-14,16,26,30,33,37,45-46H,15,17-25H2,1-5H3,(H,52,57)(H,51,56,58). The summed E-state index contributed by atoms with van der Waals surface area (Å²) in [5.74, 6) is 4.73. The van der Waals surface area contributed by atoms with Crippen molar-refractivity contribution in [1.82, 2.24) is 20.4 Å². The van der Waals surface area contributed by atoms with Crippen molar-refractivity contribution in [2.75, 3.05) is 31.1 Å². The van der Waals surface area contributed by atoms with Crippen molar-refractivity contribution in [2.45, 2.75) is 97.4 Å². The van der Waals surface area contributed by atoms with Gasteiger partial charge in [-0.1, -0.05) is 39.5 Å². The lowest BCUT2D eigenvalue weighted by Crippen LogP contribution is -2.74. The lowest BCUT2D eigenvalue weighted by Gasteiger charge is -2.63. The first-order valence-electron chi connectivity index (χ1n) is 21.2. The molecule has 0 aromatic heterocycles. The minimum Gasteiger partial charge on any atom is -0.489 e. The maximum absolute atomic E-state index is 14.7. The summed E-state index contributed by atoms with van der Waals surface area (Å²) in [6, 6.07) is 16.9. The van der Waals surface area contributed by atoms with Crippen LogP contribution in [0.25, 0.3) is 0 Å². The van der Waals surface area contributed by atoms with E-state index in [9.17, 15) is 33.6 Å². The zero-order chi connectivity index (χ0) is 43.4. The molecule has 3 aromatic carbocycles. The summed E-state index contributed by atoms with van der Waals surface area (Å²) in [7, 11) is 0. The van der Waals surface area contributed by atoms with Crippen LogP contribution in [0, 0.1) is 52.7 Å². The number of anilines is 1. The lowest BCUT2D eigenvalue weighted by atomic mass is 9.49. The molecule has 0 spiro atoms. The first kappa shape index (κ1) is 41.7. The Bertz CT molecular complexity index is 2400. The number of likely N-dealkylation sites (tertiary alicyclic amines) is 1. The van der Waals surface area contributed by atoms with Gasteiger partial charge in [0.25, 0.3) is 17.7 Å². The Balaban J connectivity index is 0.798. The smallest absolute Gasteiger partial charge is 0.262 e. The van der Waals surface area contributed by atoms with Crippen molar-refractivity contribution < 1.29 is 33.1 Å². The van der Waals surface area contributed by atoms with Crippen LogP contribution < -0.4 is 20.3 Å². The normalized spacial score (nSPS) is 23.9. The number of nitrogens with zero attached hydrogens (tertiary/aromatic N) is 4. The zero-order valence-corrected chi connectivity index (χ0v) is 35.3. The summed E-state index contributed by atoms with van der Waals surface area (Å²) < 4.78 is 21.0. The van der Waals surface area contributed by atoms with E-state index in [4.69, 9.17) is 4.74 Å². The van der Waals surface area contributed by atoms with E-state index in [1.165, 1.54) is 6.07 Å². The van der Waals surface area contributed by atoms with Gasteiger partial charge in [-0.2, -0.15) is 5.26 Å². The summed E-state index contributed by atoms with van der Waals surface area (Å²) in [4.78, 5) is 69.8. The van der Waals surface area contributed by atoms with Crippen molar-refractivity contribution in [1.29, 1.82) is 5.26 Å². The molecule has 5 aliphatic rings. The number of imide groups is 2. The monoisotopic (exact) mass is 826 g/mol. The van der Waals surface area contributed by atoms with Crippen LogP contribution in [0.3, 0.4) is 0 Å². The number of fused-ring (bicyclic) bond motifs is 1. The molecule has 12 nitrogen and oxygen atoms in total. The van der Waals surface area contributed by atoms with Crippen LogP contribution in [-0.4, -0.2) is 89.7 Å². The highest BCUT2D eigenvalue weighted by molar-refractivity contribution is 6.23. The minimum absolute atomic E-state index is 0.0209. The van der Waals surface area contributed by atoms with Crippen LogP contribution in [-0.2, 0) is 9.59 Å². The van der Waals surface area contributed by atoms with Crippen molar-refractivity contribution in [2.24, 2.45) is 16.7 Å². The molecule has 1 saturated carbocycles. The molecule has 2 N–H and O–H groups in total. The minimum atomic E-state index is -0.980. The second kappa shape index (κ2) is 16.1. The maximum atomic E-state index is 14.7. The van der Waals surface area contributed by atoms with Gasteiger partial charge < -0.3 is 19.9 Å². The molecule has 8 rings (SSSR count). The first-order valence-corrected chi connectivity index (χ1v) is 21.2. The van der Waals surface area contributed by atoms with Gasteiger partial charge in [-0.05, 0) is 107 Å². The predicted octanol–water partition coefficient (Wildman–Crippen LogP) is 5.75. The highest BCUT2D eigenvalue weighted by Crippen LogP contribution is 2.56. The van der Waals surface area contributed by atoms with Crippen molar-refractivity contribution >= 4 is 35.2 Å². The van der Waals surface area contributed by atoms with Gasteiger partial charge in [-0.3, -0.25) is 34.2 Å². The van der Waals surface area contributed by atoms with Gasteiger partial charge in [0.15, 0.2) is 0 Å². The van der Waals surface area contributed by atoms with Crippen LogP contribution >= 0.6 is 0 Å². The average molecular weight is 827 g/mol. The van der Waals surface area contributed by atoms with Gasteiger partial charge in [0.2, 0.25) is 11.8 Å². The summed E-state index contributed by atoms with van der Waals surface area (Å²) in [6.45, 7) is 13.3. The maximum Gasteiger partial charge on any atom is 0.262 e. The van der Waals surface area contributed by atoms with Crippen molar-refractivity contribution in [3.8, 4) is 23.7 Å². The van der Waals surface area contributed by atoms with Gasteiger partial charge >= 0.3 is 0 Å². The third kappa shape index (κ3) is 7.65. The molecule has 0 radical (unpaired) electrons. The number of carbonyl (C=O) groups is 5. The third-order valence-corrected chi connectivity index (χ3v) is 13.7. The van der Waals surface area contributed by atoms with Gasteiger partial charge in [0.1, 0.15) is 29.8 Å². The molecule has 316 valence electrons. The number of nitrogens with one attached hydrogen (secondary N) is 2. The highest BCUT2D eigenvalue weighted by Gasteiger charge is 2.64. The Morgan fingerprint density at radius 1 is 0.869 bits per heavy atom. The summed E-state index contributed by atoms with van der Waals surface area (Å²) >= 11 is 0. The number of hydrogen-bond donors (Lipinski definition) is 2. The molecule has 4 aliphatic heterocycles. The molecular weight excluding hydrogens is 776 g/mol. The van der Waals surface area contributed by atoms with E-state index in [0.717, 1.165) is 68.0 Å². The Hall–Kier alpha value is -6.05. The number of benzene rings is 3. The molecule has 3 saturated heterocycles. The first-order chi connectivity index (χ1) is 29.1. The number of amides is 5. The number of ether oxygens (including phenoxy) is 1. The van der Waals surface area contributed by atoms with Crippen LogP contribution in [0.1, 0.15) is 114 Å². The number of piperidine rings is 3. The molecule has 3 aromatic rings. The average Bonchev–Trinajstić information content (AvgIpc) is 3.50. The van der Waals surface area contributed by atoms with Crippen LogP contribution in [0.5, 0.6) is 5.75 Å². The van der Waals surface area contributed by atoms with E-state index in [0.29, 0.717) is 28.5 Å². The molecule has 1 atom stereocenters. The molecule has 13 heteroatoms. The Labute approximate surface area is 355 Å². The van der Waals surface area contributed by atoms with E-state index >= 15 is 0 Å². The van der Waals surface area contributed by atoms with Crippen LogP contribution in [0.2, 0.25) is 0 Å². The van der Waals surface area contributed by atoms with Gasteiger partial charge in [0.05, 0.1) is 16.7 Å². The Morgan fingerprint density at radius 2 is 1.54 bits per heavy atom. The lowest BCUT2D eigenvalue weighted by molar-refractivity contribution is -0.164. The molecule has 1 unspecified atom stereocenters. The second-order valence-electron chi connectivity index (χ2n) is 18.3. The van der Waals surface area contributed by atoms with E-state index < -0.39 is 46.3 Å². The molecule has 0 bridgehead atoms. The third-order valence-electron chi connectivity index (χ3n) is 13.7. The van der Waals surface area contributed by atoms with E-state index in [1.54, 1.807) is 37.3 Å². The number of nitriles is 1. The topological polar surface area (TPSA) is 152 Å². The SMILES string of the molecule is Cc1c(OC2C(C)(C)C(NC(=O)c3ccc(C#CC4CCN(C5CCN(c6ccc7c(c6)C(=O)N(C6CCC(=O)NC6=O)C7=O)CC5)CC4)cc3)C2(C)C)ccc(C#N)c1F. The van der Waals surface area contributed by atoms with Crippen LogP contribution in [0.4, 0.5) is 10.1 Å². The summed E-state index contributed by atoms with van der Waals surface area (Å²) in [5.41, 5.74) is 2.25. The van der Waals surface area contributed by atoms with Crippen molar-refractivity contribution in [3.63, 3.8) is 0 Å². The molecule has 4 fully saturated rings. The van der Waals surface area contributed by atoms with Gasteiger partial charge in [-0.25, -0.2) is 4.39 Å². The van der Waals surface area contributed by atoms with Crippen LogP contribution in [0.15, 0.2) is 54.6 Å². The zero-order valence-electron chi connectivity index (χ0n) is 35.3. The van der Waals surface area contributed by atoms with E-state index in [1.807, 2.05) is 52.0 Å². The summed E-state index contributed by atoms with van der Waals surface area (Å²) in [6.07, 6.45) is 3.83. The number of halogens is 1. The quantitative estimate of drug-likeness (QED) is 0.224. The van der Waals surface area contributed by atoms with Gasteiger partial charge in [0, 0.05) is 70.7 Å². The van der Waals surface area contributed by atoms with Crippen molar-refractivity contribution in [3.05, 3.63) is 93.8 Å².